The van der Waals surface area contributed by atoms with Gasteiger partial charge in [-0.3, -0.25) is 4.99 Å². The summed E-state index contributed by atoms with van der Waals surface area (Å²) in [5.41, 5.74) is 6.65. The fraction of sp³-hybridized carbons (Fsp3) is 0.500. The Morgan fingerprint density at radius 1 is 1.19 bits per heavy atom. The van der Waals surface area contributed by atoms with Crippen LogP contribution in [0.25, 0.3) is 11.4 Å². The van der Waals surface area contributed by atoms with Crippen LogP contribution in [0.5, 0.6) is 5.75 Å². The fourth-order valence-corrected chi connectivity index (χ4v) is 2.32. The lowest BCUT2D eigenvalue weighted by Gasteiger charge is -2.04. The van der Waals surface area contributed by atoms with Crippen LogP contribution in [0.2, 0.25) is 0 Å². The molecule has 2 aromatic rings. The number of unbranched alkanes of at least 4 members (excludes halogenated alkanes) is 2. The zero-order valence-electron chi connectivity index (χ0n) is 15.8. The van der Waals surface area contributed by atoms with Gasteiger partial charge in [-0.1, -0.05) is 11.6 Å². The summed E-state index contributed by atoms with van der Waals surface area (Å²) < 4.78 is 15.4. The van der Waals surface area contributed by atoms with Crippen molar-refractivity contribution in [1.82, 2.24) is 15.5 Å². The topological polar surface area (TPSA) is 108 Å². The van der Waals surface area contributed by atoms with E-state index in [1.165, 1.54) is 0 Å². The maximum atomic E-state index is 5.74. The second kappa shape index (κ2) is 13.3. The number of halogens is 1. The zero-order chi connectivity index (χ0) is 18.6. The number of nitrogens with zero attached hydrogens (tertiary/aromatic N) is 3. The molecule has 1 aromatic heterocycles. The molecular weight excluding hydrogens is 461 g/mol. The number of methoxy groups -OCH3 is 2. The molecule has 1 aromatic carbocycles. The van der Waals surface area contributed by atoms with Gasteiger partial charge in [0, 0.05) is 32.2 Å². The molecule has 0 fully saturated rings. The molecule has 0 unspecified atom stereocenters. The summed E-state index contributed by atoms with van der Waals surface area (Å²) in [6.45, 7) is 1.98. The number of aromatic nitrogens is 2. The van der Waals surface area contributed by atoms with E-state index < -0.39 is 0 Å². The number of ether oxygens (including phenoxy) is 2. The van der Waals surface area contributed by atoms with Crippen molar-refractivity contribution in [2.75, 3.05) is 33.9 Å². The van der Waals surface area contributed by atoms with Gasteiger partial charge >= 0.3 is 0 Å². The Hall–Kier alpha value is -1.88. The molecule has 150 valence electrons. The SMILES string of the molecule is COCCNC(N)=NCCCCCc1nc(-c2ccc(OC)cc2)no1.I. The number of rotatable bonds is 11. The van der Waals surface area contributed by atoms with Crippen molar-refractivity contribution in [3.05, 3.63) is 30.2 Å². The molecule has 27 heavy (non-hydrogen) atoms. The number of nitrogens with one attached hydrogen (secondary N) is 1. The van der Waals surface area contributed by atoms with E-state index in [1.807, 2.05) is 24.3 Å². The molecule has 0 atom stereocenters. The molecule has 0 aliphatic rings. The van der Waals surface area contributed by atoms with Gasteiger partial charge in [0.15, 0.2) is 5.96 Å². The lowest BCUT2D eigenvalue weighted by Crippen LogP contribution is -2.34. The molecule has 9 heteroatoms. The second-order valence-electron chi connectivity index (χ2n) is 5.74. The van der Waals surface area contributed by atoms with Gasteiger partial charge in [0.2, 0.25) is 11.7 Å². The summed E-state index contributed by atoms with van der Waals surface area (Å²) in [5, 5.41) is 7.02. The summed E-state index contributed by atoms with van der Waals surface area (Å²) in [7, 11) is 3.29. The molecule has 0 saturated heterocycles. The first kappa shape index (κ1) is 23.2. The molecule has 0 amide bonds. The van der Waals surface area contributed by atoms with Crippen molar-refractivity contribution < 1.29 is 14.0 Å². The van der Waals surface area contributed by atoms with E-state index in [9.17, 15) is 0 Å². The van der Waals surface area contributed by atoms with Gasteiger partial charge in [-0.2, -0.15) is 4.98 Å². The highest BCUT2D eigenvalue weighted by Gasteiger charge is 2.08. The summed E-state index contributed by atoms with van der Waals surface area (Å²) in [6.07, 6.45) is 3.71. The van der Waals surface area contributed by atoms with Crippen LogP contribution in [0.15, 0.2) is 33.8 Å². The van der Waals surface area contributed by atoms with Gasteiger partial charge in [0.05, 0.1) is 13.7 Å². The maximum Gasteiger partial charge on any atom is 0.226 e. The fourth-order valence-electron chi connectivity index (χ4n) is 2.32. The quantitative estimate of drug-likeness (QED) is 0.216. The van der Waals surface area contributed by atoms with Crippen LogP contribution >= 0.6 is 24.0 Å². The van der Waals surface area contributed by atoms with E-state index in [-0.39, 0.29) is 24.0 Å². The lowest BCUT2D eigenvalue weighted by molar-refractivity contribution is 0.204. The first-order valence-electron chi connectivity index (χ1n) is 8.72. The van der Waals surface area contributed by atoms with Crippen LogP contribution < -0.4 is 15.8 Å². The van der Waals surface area contributed by atoms with Gasteiger partial charge in [-0.05, 0) is 37.1 Å². The molecule has 0 saturated carbocycles. The zero-order valence-corrected chi connectivity index (χ0v) is 18.1. The Bertz CT molecular complexity index is 676. The van der Waals surface area contributed by atoms with E-state index in [4.69, 9.17) is 19.7 Å². The van der Waals surface area contributed by atoms with E-state index in [1.54, 1.807) is 14.2 Å². The average Bonchev–Trinajstić information content (AvgIpc) is 3.14. The third-order valence-corrected chi connectivity index (χ3v) is 3.76. The number of benzene rings is 1. The number of hydrogen-bond donors (Lipinski definition) is 2. The van der Waals surface area contributed by atoms with Crippen molar-refractivity contribution >= 4 is 29.9 Å². The van der Waals surface area contributed by atoms with Gasteiger partial charge in [-0.15, -0.1) is 24.0 Å². The maximum absolute atomic E-state index is 5.74. The molecule has 3 N–H and O–H groups in total. The number of guanidine groups is 1. The van der Waals surface area contributed by atoms with Gasteiger partial charge in [-0.25, -0.2) is 0 Å². The standard InChI is InChI=1S/C18H27N5O3.HI/c1-24-13-12-21-18(19)20-11-5-3-4-6-16-22-17(23-26-16)14-7-9-15(25-2)10-8-14;/h7-10H,3-6,11-13H2,1-2H3,(H3,19,20,21);1H. The number of aryl methyl sites for hydroxylation is 1. The van der Waals surface area contributed by atoms with Crippen molar-refractivity contribution in [2.24, 2.45) is 10.7 Å². The minimum absolute atomic E-state index is 0. The Morgan fingerprint density at radius 3 is 2.67 bits per heavy atom. The van der Waals surface area contributed by atoms with Gasteiger partial charge in [0.25, 0.3) is 0 Å². The summed E-state index contributed by atoms with van der Waals surface area (Å²) in [6, 6.07) is 7.58. The van der Waals surface area contributed by atoms with Gasteiger partial charge < -0.3 is 25.0 Å². The van der Waals surface area contributed by atoms with Crippen LogP contribution in [-0.2, 0) is 11.2 Å². The molecule has 8 nitrogen and oxygen atoms in total. The molecule has 0 bridgehead atoms. The Balaban J connectivity index is 0.00000364. The summed E-state index contributed by atoms with van der Waals surface area (Å²) in [4.78, 5) is 8.70. The highest BCUT2D eigenvalue weighted by atomic mass is 127. The minimum atomic E-state index is 0. The monoisotopic (exact) mass is 489 g/mol. The van der Waals surface area contributed by atoms with Crippen LogP contribution in [0.4, 0.5) is 0 Å². The van der Waals surface area contributed by atoms with Gasteiger partial charge in [0.1, 0.15) is 5.75 Å². The molecule has 1 heterocycles. The molecule has 0 aliphatic carbocycles. The van der Waals surface area contributed by atoms with Crippen molar-refractivity contribution in [2.45, 2.75) is 25.7 Å². The first-order valence-corrected chi connectivity index (χ1v) is 8.72. The summed E-state index contributed by atoms with van der Waals surface area (Å²) >= 11 is 0. The molecular formula is C18H28IN5O3. The highest BCUT2D eigenvalue weighted by molar-refractivity contribution is 14.0. The van der Waals surface area contributed by atoms with E-state index in [2.05, 4.69) is 20.4 Å². The first-order chi connectivity index (χ1) is 12.7. The van der Waals surface area contributed by atoms with E-state index in [0.29, 0.717) is 37.4 Å². The second-order valence-corrected chi connectivity index (χ2v) is 5.74. The Kier molecular flexibility index (Phi) is 11.4. The predicted octanol–water partition coefficient (Wildman–Crippen LogP) is 2.63. The number of aliphatic imine (C=N–C) groups is 1. The Morgan fingerprint density at radius 2 is 1.96 bits per heavy atom. The molecule has 0 aliphatic heterocycles. The molecule has 2 rings (SSSR count). The van der Waals surface area contributed by atoms with E-state index in [0.717, 1.165) is 37.0 Å². The average molecular weight is 489 g/mol. The normalized spacial score (nSPS) is 11.1. The lowest BCUT2D eigenvalue weighted by atomic mass is 10.2. The van der Waals surface area contributed by atoms with Crippen LogP contribution in [0.3, 0.4) is 0 Å². The van der Waals surface area contributed by atoms with Crippen LogP contribution in [0, 0.1) is 0 Å². The predicted molar refractivity (Wildman–Crippen MR) is 116 cm³/mol. The molecule has 0 spiro atoms. The van der Waals surface area contributed by atoms with Crippen LogP contribution in [-0.4, -0.2) is 50.0 Å². The smallest absolute Gasteiger partial charge is 0.226 e. The third kappa shape index (κ3) is 8.57. The van der Waals surface area contributed by atoms with Crippen molar-refractivity contribution in [3.63, 3.8) is 0 Å². The van der Waals surface area contributed by atoms with E-state index >= 15 is 0 Å². The number of hydrogen-bond acceptors (Lipinski definition) is 6. The Labute approximate surface area is 176 Å². The van der Waals surface area contributed by atoms with Crippen molar-refractivity contribution in [3.8, 4) is 17.1 Å². The number of nitrogens with two attached hydrogens (primary N) is 1. The third-order valence-electron chi connectivity index (χ3n) is 3.76. The highest BCUT2D eigenvalue weighted by Crippen LogP contribution is 2.20. The minimum Gasteiger partial charge on any atom is -0.497 e. The largest absolute Gasteiger partial charge is 0.497 e. The molecule has 0 radical (unpaired) electrons. The van der Waals surface area contributed by atoms with Crippen LogP contribution in [0.1, 0.15) is 25.2 Å². The van der Waals surface area contributed by atoms with Crippen molar-refractivity contribution in [1.29, 1.82) is 0 Å². The summed E-state index contributed by atoms with van der Waals surface area (Å²) in [5.74, 6) is 2.51.